The summed E-state index contributed by atoms with van der Waals surface area (Å²) in [6.45, 7) is 4.48. The number of pyridine rings is 1. The van der Waals surface area contributed by atoms with Gasteiger partial charge < -0.3 is 5.73 Å². The van der Waals surface area contributed by atoms with Gasteiger partial charge in [-0.2, -0.15) is 0 Å². The van der Waals surface area contributed by atoms with Crippen LogP contribution in [0.3, 0.4) is 0 Å². The fourth-order valence-electron chi connectivity index (χ4n) is 2.95. The number of benzene rings is 2. The average molecular weight is 416 g/mol. The SMILES string of the molecule is C=C(CN)SCc1cccc(-c2ccc(-c3csc(-c4cccnc4)n3)cc2)c1. The van der Waals surface area contributed by atoms with Crippen molar-refractivity contribution in [2.45, 2.75) is 5.75 Å². The number of hydrogen-bond acceptors (Lipinski definition) is 5. The molecule has 0 aliphatic carbocycles. The number of aromatic nitrogens is 2. The number of thiazole rings is 1. The Hall–Kier alpha value is -2.73. The fraction of sp³-hybridized carbons (Fsp3) is 0.0833. The van der Waals surface area contributed by atoms with Crippen LogP contribution < -0.4 is 5.73 Å². The Kier molecular flexibility index (Phi) is 6.20. The van der Waals surface area contributed by atoms with Gasteiger partial charge in [0.05, 0.1) is 5.69 Å². The van der Waals surface area contributed by atoms with Crippen molar-refractivity contribution >= 4 is 23.1 Å². The van der Waals surface area contributed by atoms with Crippen LogP contribution in [0.15, 0.2) is 89.9 Å². The summed E-state index contributed by atoms with van der Waals surface area (Å²) in [7, 11) is 0. The summed E-state index contributed by atoms with van der Waals surface area (Å²) in [5, 5.41) is 3.08. The number of nitrogens with two attached hydrogens (primary N) is 1. The monoisotopic (exact) mass is 415 g/mol. The van der Waals surface area contributed by atoms with Gasteiger partial charge in [0, 0.05) is 41.2 Å². The van der Waals surface area contributed by atoms with E-state index in [0.29, 0.717) is 6.54 Å². The third-order valence-corrected chi connectivity index (χ3v) is 6.47. The van der Waals surface area contributed by atoms with Gasteiger partial charge >= 0.3 is 0 Å². The van der Waals surface area contributed by atoms with E-state index < -0.39 is 0 Å². The summed E-state index contributed by atoms with van der Waals surface area (Å²) in [5.41, 5.74) is 12.5. The number of nitrogens with zero attached hydrogens (tertiary/aromatic N) is 2. The molecule has 0 atom stereocenters. The first-order chi connectivity index (χ1) is 14.2. The lowest BCUT2D eigenvalue weighted by Crippen LogP contribution is -1.98. The molecular weight excluding hydrogens is 394 g/mol. The van der Waals surface area contributed by atoms with Crippen LogP contribution in [0.5, 0.6) is 0 Å². The van der Waals surface area contributed by atoms with Gasteiger partial charge in [-0.1, -0.05) is 55.1 Å². The summed E-state index contributed by atoms with van der Waals surface area (Å²) in [6, 6.07) is 21.2. The maximum Gasteiger partial charge on any atom is 0.125 e. The Bertz CT molecular complexity index is 1100. The molecule has 0 spiro atoms. The molecule has 0 bridgehead atoms. The highest BCUT2D eigenvalue weighted by Crippen LogP contribution is 2.30. The van der Waals surface area contributed by atoms with Crippen molar-refractivity contribution in [2.24, 2.45) is 5.73 Å². The minimum atomic E-state index is 0.519. The third kappa shape index (κ3) is 4.82. The van der Waals surface area contributed by atoms with Crippen molar-refractivity contribution in [1.29, 1.82) is 0 Å². The van der Waals surface area contributed by atoms with Crippen molar-refractivity contribution < 1.29 is 0 Å². The zero-order chi connectivity index (χ0) is 20.1. The van der Waals surface area contributed by atoms with Crippen molar-refractivity contribution in [3.63, 3.8) is 0 Å². The van der Waals surface area contributed by atoms with Crippen LogP contribution in [-0.2, 0) is 5.75 Å². The van der Waals surface area contributed by atoms with Crippen molar-refractivity contribution in [1.82, 2.24) is 9.97 Å². The molecule has 5 heteroatoms. The Balaban J connectivity index is 1.51. The second-order valence-corrected chi connectivity index (χ2v) is 8.60. The first-order valence-corrected chi connectivity index (χ1v) is 11.2. The number of rotatable bonds is 7. The van der Waals surface area contributed by atoms with E-state index in [1.54, 1.807) is 29.3 Å². The minimum absolute atomic E-state index is 0.519. The van der Waals surface area contributed by atoms with Crippen LogP contribution in [0.2, 0.25) is 0 Å². The maximum atomic E-state index is 5.63. The number of hydrogen-bond donors (Lipinski definition) is 1. The standard InChI is InChI=1S/C24H21N3S2/c1-17(13-25)28-15-18-4-2-5-21(12-18)19-7-9-20(10-8-19)23-16-29-24(27-23)22-6-3-11-26-14-22/h2-12,14,16H,1,13,15,25H2. The minimum Gasteiger partial charge on any atom is -0.326 e. The van der Waals surface area contributed by atoms with Gasteiger partial charge in [-0.05, 0) is 33.7 Å². The molecule has 4 rings (SSSR count). The Morgan fingerprint density at radius 2 is 1.76 bits per heavy atom. The van der Waals surface area contributed by atoms with Crippen LogP contribution in [0.4, 0.5) is 0 Å². The molecule has 2 aromatic carbocycles. The van der Waals surface area contributed by atoms with Gasteiger partial charge in [0.2, 0.25) is 0 Å². The molecule has 0 unspecified atom stereocenters. The van der Waals surface area contributed by atoms with E-state index in [4.69, 9.17) is 10.7 Å². The second-order valence-electron chi connectivity index (χ2n) is 6.59. The van der Waals surface area contributed by atoms with E-state index in [-0.39, 0.29) is 0 Å². The Morgan fingerprint density at radius 3 is 2.52 bits per heavy atom. The molecule has 0 saturated heterocycles. The van der Waals surface area contributed by atoms with Crippen LogP contribution in [-0.4, -0.2) is 16.5 Å². The zero-order valence-corrected chi connectivity index (χ0v) is 17.5. The summed E-state index contributed by atoms with van der Waals surface area (Å²) >= 11 is 3.34. The Labute approximate surface area is 179 Å². The molecule has 29 heavy (non-hydrogen) atoms. The smallest absolute Gasteiger partial charge is 0.125 e. The maximum absolute atomic E-state index is 5.63. The predicted molar refractivity (Wildman–Crippen MR) is 126 cm³/mol. The van der Waals surface area contributed by atoms with E-state index in [0.717, 1.165) is 32.5 Å². The highest BCUT2D eigenvalue weighted by atomic mass is 32.2. The highest BCUT2D eigenvalue weighted by molar-refractivity contribution is 8.02. The van der Waals surface area contributed by atoms with Gasteiger partial charge in [-0.25, -0.2) is 4.98 Å². The molecular formula is C24H21N3S2. The van der Waals surface area contributed by atoms with E-state index >= 15 is 0 Å². The largest absolute Gasteiger partial charge is 0.326 e. The van der Waals surface area contributed by atoms with Gasteiger partial charge in [0.1, 0.15) is 5.01 Å². The van der Waals surface area contributed by atoms with E-state index in [9.17, 15) is 0 Å². The fourth-order valence-corrected chi connectivity index (χ4v) is 4.43. The molecule has 0 saturated carbocycles. The molecule has 2 N–H and O–H groups in total. The summed E-state index contributed by atoms with van der Waals surface area (Å²) in [5.74, 6) is 0.887. The molecule has 144 valence electrons. The lowest BCUT2D eigenvalue weighted by atomic mass is 10.0. The van der Waals surface area contributed by atoms with E-state index in [1.807, 2.05) is 18.3 Å². The lowest BCUT2D eigenvalue weighted by molar-refractivity contribution is 1.24. The summed E-state index contributed by atoms with van der Waals surface area (Å²) < 4.78 is 0. The topological polar surface area (TPSA) is 51.8 Å². The molecule has 0 aliphatic rings. The van der Waals surface area contributed by atoms with Crippen LogP contribution in [0, 0.1) is 0 Å². The van der Waals surface area contributed by atoms with Crippen molar-refractivity contribution in [3.8, 4) is 33.0 Å². The molecule has 0 radical (unpaired) electrons. The van der Waals surface area contributed by atoms with Gasteiger partial charge in [0.15, 0.2) is 0 Å². The lowest BCUT2D eigenvalue weighted by Gasteiger charge is -2.07. The molecule has 2 aromatic heterocycles. The quantitative estimate of drug-likeness (QED) is 0.388. The van der Waals surface area contributed by atoms with Gasteiger partial charge in [0.25, 0.3) is 0 Å². The second kappa shape index (κ2) is 9.18. The summed E-state index contributed by atoms with van der Waals surface area (Å²) in [6.07, 6.45) is 3.62. The predicted octanol–water partition coefficient (Wildman–Crippen LogP) is 6.24. The van der Waals surface area contributed by atoms with E-state index in [1.165, 1.54) is 16.7 Å². The third-order valence-electron chi connectivity index (χ3n) is 4.52. The molecule has 0 fully saturated rings. The first-order valence-electron chi connectivity index (χ1n) is 9.29. The molecule has 0 aliphatic heterocycles. The highest BCUT2D eigenvalue weighted by Gasteiger charge is 2.07. The summed E-state index contributed by atoms with van der Waals surface area (Å²) in [4.78, 5) is 9.96. The molecule has 3 nitrogen and oxygen atoms in total. The number of thioether (sulfide) groups is 1. The normalized spacial score (nSPS) is 10.8. The van der Waals surface area contributed by atoms with Crippen LogP contribution in [0.1, 0.15) is 5.56 Å². The van der Waals surface area contributed by atoms with Crippen LogP contribution in [0.25, 0.3) is 33.0 Å². The molecule has 2 heterocycles. The first kappa shape index (κ1) is 19.6. The van der Waals surface area contributed by atoms with Gasteiger partial charge in [-0.15, -0.1) is 23.1 Å². The van der Waals surface area contributed by atoms with Crippen molar-refractivity contribution in [2.75, 3.05) is 6.54 Å². The van der Waals surface area contributed by atoms with E-state index in [2.05, 4.69) is 65.5 Å². The molecule has 4 aromatic rings. The van der Waals surface area contributed by atoms with Crippen LogP contribution >= 0.6 is 23.1 Å². The molecule has 0 amide bonds. The van der Waals surface area contributed by atoms with Crippen molar-refractivity contribution in [3.05, 3.63) is 95.5 Å². The average Bonchev–Trinajstić information content (AvgIpc) is 3.29. The Morgan fingerprint density at radius 1 is 0.966 bits per heavy atom. The van der Waals surface area contributed by atoms with Gasteiger partial charge in [-0.3, -0.25) is 4.98 Å². The zero-order valence-electron chi connectivity index (χ0n) is 15.9.